The summed E-state index contributed by atoms with van der Waals surface area (Å²) in [5.41, 5.74) is 6.81. The lowest BCUT2D eigenvalue weighted by molar-refractivity contribution is 0.545. The summed E-state index contributed by atoms with van der Waals surface area (Å²) in [6.07, 6.45) is 9.86. The van der Waals surface area contributed by atoms with Gasteiger partial charge in [-0.05, 0) is 85.4 Å². The highest BCUT2D eigenvalue weighted by atomic mass is 19.1. The third-order valence-corrected chi connectivity index (χ3v) is 6.51. The molecule has 0 spiro atoms. The molecule has 0 bridgehead atoms. The number of hydrogen-bond acceptors (Lipinski definition) is 2. The molecule has 2 aromatic rings. The summed E-state index contributed by atoms with van der Waals surface area (Å²) in [4.78, 5) is 4.97. The summed E-state index contributed by atoms with van der Waals surface area (Å²) in [6.45, 7) is 25.0. The fourth-order valence-corrected chi connectivity index (χ4v) is 3.82. The van der Waals surface area contributed by atoms with E-state index in [1.54, 1.807) is 12.1 Å². The zero-order valence-corrected chi connectivity index (χ0v) is 23.5. The second-order valence-corrected chi connectivity index (χ2v) is 9.31. The summed E-state index contributed by atoms with van der Waals surface area (Å²) in [7, 11) is 0. The summed E-state index contributed by atoms with van der Waals surface area (Å²) in [5, 5.41) is 8.90. The summed E-state index contributed by atoms with van der Waals surface area (Å²) in [5.74, 6) is 0.200. The van der Waals surface area contributed by atoms with Crippen LogP contribution in [0.3, 0.4) is 0 Å². The minimum Gasteiger partial charge on any atom is -0.252 e. The summed E-state index contributed by atoms with van der Waals surface area (Å²) in [6, 6.07) is 13.0. The Morgan fingerprint density at radius 2 is 1.73 bits per heavy atom. The van der Waals surface area contributed by atoms with Crippen molar-refractivity contribution < 1.29 is 4.39 Å². The molecule has 3 unspecified atom stereocenters. The molecule has 2 rings (SSSR count). The molecule has 0 N–H and O–H groups in total. The summed E-state index contributed by atoms with van der Waals surface area (Å²) >= 11 is 0. The lowest BCUT2D eigenvalue weighted by Crippen LogP contribution is -2.12. The molecule has 0 aliphatic carbocycles. The smallest absolute Gasteiger partial charge is 0.123 e. The fourth-order valence-electron chi connectivity index (χ4n) is 3.82. The van der Waals surface area contributed by atoms with Crippen molar-refractivity contribution in [3.63, 3.8) is 0 Å². The number of pyridine rings is 1. The SMILES string of the molecule is C=C(/C=C\C=C/C(C)C#N)c1ccc(C(=C)C(C)C(C)C(=C)C)c(CCCc2cccc(F)c2)n1.CC. The number of nitrogens with zero attached hydrogens (tertiary/aromatic N) is 2. The van der Waals surface area contributed by atoms with E-state index < -0.39 is 0 Å². The zero-order valence-electron chi connectivity index (χ0n) is 23.5. The van der Waals surface area contributed by atoms with E-state index in [1.165, 1.54) is 6.07 Å². The van der Waals surface area contributed by atoms with Gasteiger partial charge in [0.2, 0.25) is 0 Å². The van der Waals surface area contributed by atoms with Crippen molar-refractivity contribution in [1.29, 1.82) is 5.26 Å². The molecule has 1 aromatic heterocycles. The topological polar surface area (TPSA) is 36.7 Å². The van der Waals surface area contributed by atoms with Gasteiger partial charge in [-0.3, -0.25) is 4.98 Å². The molecule has 0 aliphatic rings. The predicted octanol–water partition coefficient (Wildman–Crippen LogP) is 9.57. The van der Waals surface area contributed by atoms with Crippen LogP contribution in [0.5, 0.6) is 0 Å². The maximum Gasteiger partial charge on any atom is 0.123 e. The summed E-state index contributed by atoms with van der Waals surface area (Å²) < 4.78 is 13.6. The molecule has 0 radical (unpaired) electrons. The van der Waals surface area contributed by atoms with E-state index in [2.05, 4.69) is 52.6 Å². The van der Waals surface area contributed by atoms with E-state index in [9.17, 15) is 4.39 Å². The Morgan fingerprint density at radius 1 is 1.03 bits per heavy atom. The Bertz CT molecular complexity index is 1160. The number of aryl methyl sites for hydroxylation is 2. The molecule has 1 aromatic carbocycles. The molecule has 3 atom stereocenters. The molecule has 196 valence electrons. The number of halogens is 1. The highest BCUT2D eigenvalue weighted by Gasteiger charge is 2.20. The van der Waals surface area contributed by atoms with Crippen molar-refractivity contribution in [3.8, 4) is 6.07 Å². The highest BCUT2D eigenvalue weighted by Crippen LogP contribution is 2.33. The van der Waals surface area contributed by atoms with E-state index >= 15 is 0 Å². The monoisotopic (exact) mass is 498 g/mol. The number of aromatic nitrogens is 1. The molecule has 3 heteroatoms. The van der Waals surface area contributed by atoms with Gasteiger partial charge in [-0.15, -0.1) is 0 Å². The quantitative estimate of drug-likeness (QED) is 0.216. The van der Waals surface area contributed by atoms with Crippen molar-refractivity contribution in [2.24, 2.45) is 17.8 Å². The standard InChI is InChI=1S/C32H37FN2.C2H6/c1-22(2)25(5)26(6)27(7)30-18-19-31(24(4)13-9-8-12-23(3)21-34)35-32(30)17-11-15-28-14-10-16-29(33)20-28;1-2/h8-10,12-14,16,18-20,23,25-26H,1,4,7,11,15,17H2,2-3,5-6H3;1-2H3/b12-8-,13-9-;. The van der Waals surface area contributed by atoms with Gasteiger partial charge in [-0.25, -0.2) is 4.39 Å². The van der Waals surface area contributed by atoms with Crippen LogP contribution in [0, 0.1) is 34.9 Å². The van der Waals surface area contributed by atoms with Crippen molar-refractivity contribution in [2.75, 3.05) is 0 Å². The molecule has 1 heterocycles. The van der Waals surface area contributed by atoms with Crippen LogP contribution in [0.2, 0.25) is 0 Å². The third kappa shape index (κ3) is 10.2. The predicted molar refractivity (Wildman–Crippen MR) is 158 cm³/mol. The Hall–Kier alpha value is -3.51. The molecule has 2 nitrogen and oxygen atoms in total. The van der Waals surface area contributed by atoms with Gasteiger partial charge in [0.15, 0.2) is 0 Å². The average Bonchev–Trinajstić information content (AvgIpc) is 2.90. The van der Waals surface area contributed by atoms with Crippen molar-refractivity contribution in [3.05, 3.63) is 114 Å². The van der Waals surface area contributed by atoms with Crippen molar-refractivity contribution >= 4 is 11.1 Å². The van der Waals surface area contributed by atoms with Gasteiger partial charge in [-0.2, -0.15) is 5.26 Å². The van der Waals surface area contributed by atoms with Crippen LogP contribution in [0.1, 0.15) is 70.5 Å². The fraction of sp³-hybridized carbons (Fsp3) is 0.353. The number of nitriles is 1. The molecule has 37 heavy (non-hydrogen) atoms. The molecule has 0 saturated heterocycles. The van der Waals surface area contributed by atoms with Crippen molar-refractivity contribution in [2.45, 2.75) is 60.8 Å². The molecular weight excluding hydrogens is 455 g/mol. The van der Waals surface area contributed by atoms with Crippen LogP contribution in [-0.4, -0.2) is 4.98 Å². The van der Waals surface area contributed by atoms with E-state index in [0.29, 0.717) is 5.92 Å². The lowest BCUT2D eigenvalue weighted by Gasteiger charge is -2.24. The molecule has 0 saturated carbocycles. The van der Waals surface area contributed by atoms with Gasteiger partial charge in [0.25, 0.3) is 0 Å². The molecular formula is C34H43FN2. The maximum absolute atomic E-state index is 13.6. The number of allylic oxidation sites excluding steroid dienone is 7. The van der Waals surface area contributed by atoms with Gasteiger partial charge in [0.1, 0.15) is 5.82 Å². The Kier molecular flexibility index (Phi) is 13.9. The van der Waals surface area contributed by atoms with Crippen LogP contribution in [0.4, 0.5) is 4.39 Å². The van der Waals surface area contributed by atoms with Gasteiger partial charge < -0.3 is 0 Å². The van der Waals surface area contributed by atoms with Gasteiger partial charge in [-0.1, -0.05) is 95.5 Å². The third-order valence-electron chi connectivity index (χ3n) is 6.51. The van der Waals surface area contributed by atoms with Crippen LogP contribution < -0.4 is 0 Å². The first kappa shape index (κ1) is 31.5. The van der Waals surface area contributed by atoms with Crippen LogP contribution in [0.15, 0.2) is 86.0 Å². The normalized spacial score (nSPS) is 13.4. The lowest BCUT2D eigenvalue weighted by atomic mass is 9.81. The largest absolute Gasteiger partial charge is 0.252 e. The van der Waals surface area contributed by atoms with Crippen LogP contribution in [0.25, 0.3) is 11.1 Å². The van der Waals surface area contributed by atoms with E-state index in [1.807, 2.05) is 57.2 Å². The Morgan fingerprint density at radius 3 is 2.35 bits per heavy atom. The number of benzene rings is 1. The van der Waals surface area contributed by atoms with Crippen LogP contribution >= 0.6 is 0 Å². The van der Waals surface area contributed by atoms with Gasteiger partial charge >= 0.3 is 0 Å². The second-order valence-electron chi connectivity index (χ2n) is 9.31. The van der Waals surface area contributed by atoms with Crippen molar-refractivity contribution in [1.82, 2.24) is 4.98 Å². The zero-order chi connectivity index (χ0) is 28.0. The number of hydrogen-bond donors (Lipinski definition) is 0. The van der Waals surface area contributed by atoms with Gasteiger partial charge in [0.05, 0.1) is 17.7 Å². The van der Waals surface area contributed by atoms with E-state index in [0.717, 1.165) is 58.5 Å². The molecule has 0 fully saturated rings. The van der Waals surface area contributed by atoms with Gasteiger partial charge in [0, 0.05) is 5.69 Å². The molecule has 0 aliphatic heterocycles. The Balaban J connectivity index is 0.00000334. The molecule has 0 amide bonds. The number of rotatable bonds is 12. The average molecular weight is 499 g/mol. The van der Waals surface area contributed by atoms with Crippen LogP contribution in [-0.2, 0) is 12.8 Å². The second kappa shape index (κ2) is 16.3. The Labute approximate surface area is 224 Å². The first-order valence-electron chi connectivity index (χ1n) is 13.2. The minimum absolute atomic E-state index is 0.135. The highest BCUT2D eigenvalue weighted by molar-refractivity contribution is 5.73. The maximum atomic E-state index is 13.6. The first-order chi connectivity index (χ1) is 17.6. The van der Waals surface area contributed by atoms with E-state index in [4.69, 9.17) is 10.2 Å². The first-order valence-corrected chi connectivity index (χ1v) is 13.2. The van der Waals surface area contributed by atoms with E-state index in [-0.39, 0.29) is 17.7 Å². The minimum atomic E-state index is -0.208.